The normalized spacial score (nSPS) is 13.5. The zero-order valence-corrected chi connectivity index (χ0v) is 29.7. The maximum absolute atomic E-state index is 2.46. The minimum absolute atomic E-state index is 0.257. The smallest absolute Gasteiger partial charge is 0.0559 e. The lowest BCUT2D eigenvalue weighted by atomic mass is 9.95. The molecule has 252 valence electrons. The van der Waals surface area contributed by atoms with Crippen LogP contribution in [0.2, 0.25) is 0 Å². The molecule has 1 unspecified atom stereocenters. The summed E-state index contributed by atoms with van der Waals surface area (Å²) in [5.74, 6) is 0. The number of para-hydroxylation sites is 1. The molecular weight excluding hydrogens is 629 g/mol. The van der Waals surface area contributed by atoms with E-state index in [2.05, 4.69) is 224 Å². The Labute approximate surface area is 308 Å². The summed E-state index contributed by atoms with van der Waals surface area (Å²) in [5, 5.41) is 0. The van der Waals surface area contributed by atoms with Crippen molar-refractivity contribution in [1.29, 1.82) is 0 Å². The monoisotopic (exact) mass is 670 g/mol. The molecular formula is C50H42N2. The van der Waals surface area contributed by atoms with Gasteiger partial charge in [-0.3, -0.25) is 0 Å². The third-order valence-electron chi connectivity index (χ3n) is 9.86. The number of nitrogens with zero attached hydrogens (tertiary/aromatic N) is 2. The van der Waals surface area contributed by atoms with E-state index in [1.165, 1.54) is 55.9 Å². The highest BCUT2D eigenvalue weighted by molar-refractivity contribution is 5.82. The van der Waals surface area contributed by atoms with E-state index in [0.29, 0.717) is 0 Å². The molecule has 52 heavy (non-hydrogen) atoms. The Morgan fingerprint density at radius 3 is 1.37 bits per heavy atom. The van der Waals surface area contributed by atoms with Gasteiger partial charge in [-0.05, 0) is 126 Å². The number of allylic oxidation sites excluding steroid dienone is 2. The number of aryl methyl sites for hydroxylation is 2. The summed E-state index contributed by atoms with van der Waals surface area (Å²) in [6, 6.07) is 64.1. The van der Waals surface area contributed by atoms with Gasteiger partial charge in [0.05, 0.1) is 6.04 Å². The summed E-state index contributed by atoms with van der Waals surface area (Å²) >= 11 is 0. The zero-order chi connectivity index (χ0) is 35.3. The molecule has 0 saturated heterocycles. The molecule has 7 aromatic rings. The van der Waals surface area contributed by atoms with E-state index in [4.69, 9.17) is 0 Å². The van der Waals surface area contributed by atoms with E-state index in [-0.39, 0.29) is 6.04 Å². The van der Waals surface area contributed by atoms with Crippen molar-refractivity contribution in [3.05, 3.63) is 211 Å². The largest absolute Gasteiger partial charge is 0.334 e. The van der Waals surface area contributed by atoms with E-state index >= 15 is 0 Å². The quantitative estimate of drug-likeness (QED) is 0.151. The second kappa shape index (κ2) is 14.8. The highest BCUT2D eigenvalue weighted by Gasteiger charge is 2.20. The lowest BCUT2D eigenvalue weighted by Gasteiger charge is -2.33. The van der Waals surface area contributed by atoms with Gasteiger partial charge in [0.2, 0.25) is 0 Å². The summed E-state index contributed by atoms with van der Waals surface area (Å²) in [7, 11) is 0. The molecule has 0 aromatic heterocycles. The Kier molecular flexibility index (Phi) is 9.37. The van der Waals surface area contributed by atoms with Gasteiger partial charge < -0.3 is 9.80 Å². The molecule has 1 atom stereocenters. The van der Waals surface area contributed by atoms with Crippen LogP contribution in [-0.4, -0.2) is 6.04 Å². The molecule has 0 radical (unpaired) electrons. The first-order valence-corrected chi connectivity index (χ1v) is 18.1. The molecule has 0 bridgehead atoms. The van der Waals surface area contributed by atoms with Crippen molar-refractivity contribution in [2.24, 2.45) is 0 Å². The van der Waals surface area contributed by atoms with Gasteiger partial charge in [-0.2, -0.15) is 0 Å². The van der Waals surface area contributed by atoms with Crippen LogP contribution >= 0.6 is 0 Å². The molecule has 7 aromatic carbocycles. The van der Waals surface area contributed by atoms with Crippen LogP contribution in [0.1, 0.15) is 17.5 Å². The molecule has 0 saturated carbocycles. The fourth-order valence-electron chi connectivity index (χ4n) is 7.13. The molecule has 0 spiro atoms. The predicted molar refractivity (Wildman–Crippen MR) is 222 cm³/mol. The molecule has 0 amide bonds. The summed E-state index contributed by atoms with van der Waals surface area (Å²) < 4.78 is 0. The lowest BCUT2D eigenvalue weighted by molar-refractivity contribution is 0.785. The number of hydrogen-bond acceptors (Lipinski definition) is 2. The Hall–Kier alpha value is -6.38. The standard InChI is InChI=1S/C50H42N2/c1-37-25-29-47(30-26-37)51(45-19-5-3-6-20-45)49-23-11-17-43(35-49)41-15-9-13-39(33-41)40-14-10-16-42(34-40)44-18-12-24-50(36-44)52(46-21-7-4-8-22-46)48-31-27-38(2)28-32-48/h3-21,23-36,46H,22H2,1-2H3. The van der Waals surface area contributed by atoms with E-state index in [1.54, 1.807) is 0 Å². The topological polar surface area (TPSA) is 6.48 Å². The van der Waals surface area contributed by atoms with Crippen molar-refractivity contribution in [3.63, 3.8) is 0 Å². The maximum Gasteiger partial charge on any atom is 0.0559 e. The van der Waals surface area contributed by atoms with E-state index in [0.717, 1.165) is 23.5 Å². The van der Waals surface area contributed by atoms with Gasteiger partial charge in [0.25, 0.3) is 0 Å². The molecule has 0 heterocycles. The first kappa shape index (κ1) is 32.8. The molecule has 1 aliphatic carbocycles. The molecule has 1 aliphatic rings. The van der Waals surface area contributed by atoms with Gasteiger partial charge in [-0.15, -0.1) is 0 Å². The second-order valence-electron chi connectivity index (χ2n) is 13.6. The predicted octanol–water partition coefficient (Wildman–Crippen LogP) is 13.8. The van der Waals surface area contributed by atoms with E-state index in [9.17, 15) is 0 Å². The van der Waals surface area contributed by atoms with Gasteiger partial charge in [-0.25, -0.2) is 0 Å². The van der Waals surface area contributed by atoms with E-state index < -0.39 is 0 Å². The van der Waals surface area contributed by atoms with Crippen LogP contribution in [0.15, 0.2) is 200 Å². The van der Waals surface area contributed by atoms with E-state index in [1.807, 2.05) is 0 Å². The van der Waals surface area contributed by atoms with Crippen LogP contribution < -0.4 is 9.80 Å². The van der Waals surface area contributed by atoms with Gasteiger partial charge in [0.15, 0.2) is 0 Å². The van der Waals surface area contributed by atoms with Crippen molar-refractivity contribution < 1.29 is 0 Å². The number of rotatable bonds is 9. The minimum Gasteiger partial charge on any atom is -0.334 e. The Morgan fingerprint density at radius 2 is 0.827 bits per heavy atom. The van der Waals surface area contributed by atoms with Crippen molar-refractivity contribution in [3.8, 4) is 33.4 Å². The molecule has 0 aliphatic heterocycles. The fraction of sp³-hybridized carbons (Fsp3) is 0.0800. The highest BCUT2D eigenvalue weighted by Crippen LogP contribution is 2.38. The second-order valence-corrected chi connectivity index (χ2v) is 13.6. The molecule has 0 N–H and O–H groups in total. The van der Waals surface area contributed by atoms with Crippen LogP contribution in [-0.2, 0) is 0 Å². The zero-order valence-electron chi connectivity index (χ0n) is 29.7. The van der Waals surface area contributed by atoms with Crippen molar-refractivity contribution >= 4 is 28.4 Å². The number of anilines is 5. The number of benzene rings is 7. The first-order chi connectivity index (χ1) is 25.6. The molecule has 8 rings (SSSR count). The molecule has 0 fully saturated rings. The van der Waals surface area contributed by atoms with Gasteiger partial charge in [0.1, 0.15) is 0 Å². The van der Waals surface area contributed by atoms with Gasteiger partial charge in [-0.1, -0.05) is 139 Å². The van der Waals surface area contributed by atoms with Gasteiger partial charge >= 0.3 is 0 Å². The number of hydrogen-bond donors (Lipinski definition) is 0. The average Bonchev–Trinajstić information content (AvgIpc) is 3.21. The summed E-state index contributed by atoms with van der Waals surface area (Å²) in [6.45, 7) is 4.27. The third kappa shape index (κ3) is 7.10. The first-order valence-electron chi connectivity index (χ1n) is 18.1. The van der Waals surface area contributed by atoms with Crippen molar-refractivity contribution in [2.75, 3.05) is 9.80 Å². The van der Waals surface area contributed by atoms with Crippen LogP contribution in [0.5, 0.6) is 0 Å². The van der Waals surface area contributed by atoms with Crippen molar-refractivity contribution in [2.45, 2.75) is 26.3 Å². The average molecular weight is 671 g/mol. The van der Waals surface area contributed by atoms with Gasteiger partial charge in [0, 0.05) is 28.4 Å². The minimum atomic E-state index is 0.257. The SMILES string of the molecule is Cc1ccc(N(c2ccccc2)c2cccc(-c3cccc(-c4cccc(-c5cccc(N(c6ccc(C)cc6)C6C=CC=CC6)c5)c4)c3)c2)cc1. The molecule has 2 heteroatoms. The van der Waals surface area contributed by atoms with Crippen LogP contribution in [0.3, 0.4) is 0 Å². The lowest BCUT2D eigenvalue weighted by Crippen LogP contribution is -2.29. The Bertz CT molecular complexity index is 2350. The summed E-state index contributed by atoms with van der Waals surface area (Å²) in [5.41, 5.74) is 15.5. The van der Waals surface area contributed by atoms with Crippen LogP contribution in [0.25, 0.3) is 33.4 Å². The Morgan fingerprint density at radius 1 is 0.385 bits per heavy atom. The maximum atomic E-state index is 2.46. The molecule has 2 nitrogen and oxygen atoms in total. The summed E-state index contributed by atoms with van der Waals surface area (Å²) in [6.07, 6.45) is 9.84. The Balaban J connectivity index is 1.11. The van der Waals surface area contributed by atoms with Crippen LogP contribution in [0.4, 0.5) is 28.4 Å². The van der Waals surface area contributed by atoms with Crippen molar-refractivity contribution in [1.82, 2.24) is 0 Å². The van der Waals surface area contributed by atoms with Crippen LogP contribution in [0, 0.1) is 13.8 Å². The fourth-order valence-corrected chi connectivity index (χ4v) is 7.13. The third-order valence-corrected chi connectivity index (χ3v) is 9.86. The summed E-state index contributed by atoms with van der Waals surface area (Å²) in [4.78, 5) is 4.79. The highest BCUT2D eigenvalue weighted by atomic mass is 15.2.